The molecule has 1 atom stereocenters. The Hall–Kier alpha value is -1.88. The molecule has 2 amide bonds. The summed E-state index contributed by atoms with van der Waals surface area (Å²) < 4.78 is 5.13. The number of ether oxygens (including phenoxy) is 1. The maximum absolute atomic E-state index is 13.0. The Morgan fingerprint density at radius 2 is 1.96 bits per heavy atom. The molecule has 3 rings (SSSR count). The van der Waals surface area contributed by atoms with Crippen molar-refractivity contribution in [1.82, 2.24) is 9.80 Å². The monoisotopic (exact) mass is 358 g/mol. The summed E-state index contributed by atoms with van der Waals surface area (Å²) >= 11 is 0. The molecule has 142 valence electrons. The van der Waals surface area contributed by atoms with Crippen molar-refractivity contribution in [2.24, 2.45) is 5.41 Å². The molecule has 26 heavy (non-hydrogen) atoms. The fourth-order valence-corrected chi connectivity index (χ4v) is 4.20. The van der Waals surface area contributed by atoms with Crippen molar-refractivity contribution in [2.75, 3.05) is 39.9 Å². The van der Waals surface area contributed by atoms with Crippen molar-refractivity contribution in [2.45, 2.75) is 39.0 Å². The zero-order valence-corrected chi connectivity index (χ0v) is 16.0. The third kappa shape index (κ3) is 4.09. The van der Waals surface area contributed by atoms with Crippen LogP contribution in [0.1, 0.15) is 36.8 Å². The lowest BCUT2D eigenvalue weighted by molar-refractivity contribution is -0.146. The minimum absolute atomic E-state index is 0.171. The first-order chi connectivity index (χ1) is 12.5. The molecule has 1 aromatic rings. The van der Waals surface area contributed by atoms with Crippen LogP contribution in [0.25, 0.3) is 0 Å². The molecule has 0 aromatic heterocycles. The minimum atomic E-state index is -0.356. The van der Waals surface area contributed by atoms with E-state index < -0.39 is 0 Å². The van der Waals surface area contributed by atoms with E-state index in [1.807, 2.05) is 9.80 Å². The van der Waals surface area contributed by atoms with E-state index in [0.29, 0.717) is 32.7 Å². The van der Waals surface area contributed by atoms with E-state index >= 15 is 0 Å². The summed E-state index contributed by atoms with van der Waals surface area (Å²) in [6, 6.07) is 8.35. The van der Waals surface area contributed by atoms with Crippen molar-refractivity contribution in [3.8, 4) is 0 Å². The SMILES string of the molecule is COCCN1CCCC2(CCN(C(=O)CCc3ccc(C)cc3)C2)C1=O. The normalized spacial score (nSPS) is 23.1. The number of aryl methyl sites for hydroxylation is 2. The van der Waals surface area contributed by atoms with Crippen molar-refractivity contribution < 1.29 is 14.3 Å². The fraction of sp³-hybridized carbons (Fsp3) is 0.619. The number of methoxy groups -OCH3 is 1. The van der Waals surface area contributed by atoms with Crippen LogP contribution in [0.15, 0.2) is 24.3 Å². The summed E-state index contributed by atoms with van der Waals surface area (Å²) in [5, 5.41) is 0. The number of piperidine rings is 1. The van der Waals surface area contributed by atoms with Gasteiger partial charge in [0.2, 0.25) is 11.8 Å². The Kier molecular flexibility index (Phi) is 5.97. The van der Waals surface area contributed by atoms with E-state index in [0.717, 1.165) is 32.2 Å². The summed E-state index contributed by atoms with van der Waals surface area (Å²) in [5.41, 5.74) is 2.07. The second-order valence-corrected chi connectivity index (χ2v) is 7.72. The van der Waals surface area contributed by atoms with Crippen molar-refractivity contribution in [3.63, 3.8) is 0 Å². The van der Waals surface area contributed by atoms with Gasteiger partial charge in [-0.1, -0.05) is 29.8 Å². The Morgan fingerprint density at radius 1 is 1.19 bits per heavy atom. The van der Waals surface area contributed by atoms with E-state index in [9.17, 15) is 9.59 Å². The second kappa shape index (κ2) is 8.21. The molecule has 0 bridgehead atoms. The first kappa shape index (κ1) is 18.9. The zero-order chi connectivity index (χ0) is 18.6. The molecule has 2 aliphatic heterocycles. The second-order valence-electron chi connectivity index (χ2n) is 7.72. The maximum atomic E-state index is 13.0. The Labute approximate surface area is 156 Å². The first-order valence-corrected chi connectivity index (χ1v) is 9.66. The molecule has 1 spiro atoms. The molecule has 0 N–H and O–H groups in total. The van der Waals surface area contributed by atoms with Gasteiger partial charge in [-0.3, -0.25) is 9.59 Å². The van der Waals surface area contributed by atoms with Crippen LogP contribution >= 0.6 is 0 Å². The molecule has 0 aliphatic carbocycles. The number of hydrogen-bond acceptors (Lipinski definition) is 3. The zero-order valence-electron chi connectivity index (χ0n) is 16.0. The van der Waals surface area contributed by atoms with Gasteiger partial charge in [-0.05, 0) is 38.2 Å². The smallest absolute Gasteiger partial charge is 0.230 e. The van der Waals surface area contributed by atoms with Gasteiger partial charge in [-0.25, -0.2) is 0 Å². The number of nitrogens with zero attached hydrogens (tertiary/aromatic N) is 2. The quantitative estimate of drug-likeness (QED) is 0.785. The van der Waals surface area contributed by atoms with Gasteiger partial charge in [0, 0.05) is 39.7 Å². The third-order valence-electron chi connectivity index (χ3n) is 5.84. The van der Waals surface area contributed by atoms with Crippen molar-refractivity contribution in [3.05, 3.63) is 35.4 Å². The molecule has 2 fully saturated rings. The molecule has 2 heterocycles. The maximum Gasteiger partial charge on any atom is 0.230 e. The lowest BCUT2D eigenvalue weighted by Crippen LogP contribution is -2.51. The Bertz CT molecular complexity index is 643. The number of rotatable bonds is 6. The Morgan fingerprint density at radius 3 is 2.69 bits per heavy atom. The highest BCUT2D eigenvalue weighted by Gasteiger charge is 2.49. The van der Waals surface area contributed by atoms with Crippen LogP contribution in [0.5, 0.6) is 0 Å². The highest BCUT2D eigenvalue weighted by atomic mass is 16.5. The molecule has 0 saturated carbocycles. The van der Waals surface area contributed by atoms with Crippen LogP contribution in [0.3, 0.4) is 0 Å². The average molecular weight is 358 g/mol. The third-order valence-corrected chi connectivity index (χ3v) is 5.84. The number of carbonyl (C=O) groups is 2. The van der Waals surface area contributed by atoms with E-state index in [4.69, 9.17) is 4.74 Å². The van der Waals surface area contributed by atoms with Gasteiger partial charge < -0.3 is 14.5 Å². The number of benzene rings is 1. The fourth-order valence-electron chi connectivity index (χ4n) is 4.20. The van der Waals surface area contributed by atoms with E-state index in [1.54, 1.807) is 7.11 Å². The summed E-state index contributed by atoms with van der Waals surface area (Å²) in [6.07, 6.45) is 3.99. The van der Waals surface area contributed by atoms with Gasteiger partial charge >= 0.3 is 0 Å². The molecular weight excluding hydrogens is 328 g/mol. The van der Waals surface area contributed by atoms with Crippen LogP contribution < -0.4 is 0 Å². The van der Waals surface area contributed by atoms with Gasteiger partial charge in [-0.2, -0.15) is 0 Å². The van der Waals surface area contributed by atoms with Gasteiger partial charge in [0.25, 0.3) is 0 Å². The molecule has 2 aliphatic rings. The van der Waals surface area contributed by atoms with Gasteiger partial charge in [0.1, 0.15) is 0 Å². The van der Waals surface area contributed by atoms with Crippen molar-refractivity contribution in [1.29, 1.82) is 0 Å². The highest BCUT2D eigenvalue weighted by molar-refractivity contribution is 5.86. The minimum Gasteiger partial charge on any atom is -0.383 e. The van der Waals surface area contributed by atoms with Crippen LogP contribution in [-0.4, -0.2) is 61.5 Å². The van der Waals surface area contributed by atoms with Crippen LogP contribution in [0.2, 0.25) is 0 Å². The molecule has 5 nitrogen and oxygen atoms in total. The molecule has 1 unspecified atom stereocenters. The lowest BCUT2D eigenvalue weighted by Gasteiger charge is -2.39. The standard InChI is InChI=1S/C21H30N2O3/c1-17-4-6-18(7-5-17)8-9-19(24)23-13-11-21(16-23)10-3-12-22(20(21)25)14-15-26-2/h4-7H,3,8-16H2,1-2H3. The number of hydrogen-bond donors (Lipinski definition) is 0. The van der Waals surface area contributed by atoms with Gasteiger partial charge in [-0.15, -0.1) is 0 Å². The van der Waals surface area contributed by atoms with E-state index in [1.165, 1.54) is 11.1 Å². The van der Waals surface area contributed by atoms with Gasteiger partial charge in [0.05, 0.1) is 12.0 Å². The molecule has 2 saturated heterocycles. The average Bonchev–Trinajstić information content (AvgIpc) is 3.07. The van der Waals surface area contributed by atoms with E-state index in [-0.39, 0.29) is 17.2 Å². The van der Waals surface area contributed by atoms with Crippen LogP contribution in [0, 0.1) is 12.3 Å². The lowest BCUT2D eigenvalue weighted by atomic mass is 9.78. The number of amides is 2. The first-order valence-electron chi connectivity index (χ1n) is 9.66. The predicted octanol–water partition coefficient (Wildman–Crippen LogP) is 2.42. The van der Waals surface area contributed by atoms with Gasteiger partial charge in [0.15, 0.2) is 0 Å². The molecule has 0 radical (unpaired) electrons. The predicted molar refractivity (Wildman–Crippen MR) is 101 cm³/mol. The summed E-state index contributed by atoms with van der Waals surface area (Å²) in [4.78, 5) is 29.5. The number of likely N-dealkylation sites (tertiary alicyclic amines) is 2. The van der Waals surface area contributed by atoms with Crippen molar-refractivity contribution >= 4 is 11.8 Å². The molecule has 1 aromatic carbocycles. The number of carbonyl (C=O) groups excluding carboxylic acids is 2. The Balaban J connectivity index is 1.55. The van der Waals surface area contributed by atoms with E-state index in [2.05, 4.69) is 31.2 Å². The topological polar surface area (TPSA) is 49.9 Å². The highest BCUT2D eigenvalue weighted by Crippen LogP contribution is 2.40. The summed E-state index contributed by atoms with van der Waals surface area (Å²) in [5.74, 6) is 0.388. The summed E-state index contributed by atoms with van der Waals surface area (Å²) in [6.45, 7) is 5.39. The molecule has 5 heteroatoms. The summed E-state index contributed by atoms with van der Waals surface area (Å²) in [7, 11) is 1.66. The van der Waals surface area contributed by atoms with Crippen LogP contribution in [-0.2, 0) is 20.7 Å². The molecular formula is C21H30N2O3. The largest absolute Gasteiger partial charge is 0.383 e. The van der Waals surface area contributed by atoms with Crippen LogP contribution in [0.4, 0.5) is 0 Å².